The number of anilines is 1. The molecule has 2 amide bonds. The van der Waals surface area contributed by atoms with E-state index in [9.17, 15) is 4.79 Å². The normalized spacial score (nSPS) is 18.4. The number of oxime groups is 1. The van der Waals surface area contributed by atoms with Crippen LogP contribution in [0.1, 0.15) is 69.1 Å². The van der Waals surface area contributed by atoms with E-state index in [0.29, 0.717) is 24.1 Å². The van der Waals surface area contributed by atoms with Gasteiger partial charge < -0.3 is 29.8 Å². The average molecular weight is 1140 g/mol. The van der Waals surface area contributed by atoms with Crippen molar-refractivity contribution in [3.05, 3.63) is 298 Å². The molecule has 0 bridgehead atoms. The third kappa shape index (κ3) is 10.9. The molecule has 0 aliphatic carbocycles. The predicted molar refractivity (Wildman–Crippen MR) is 327 cm³/mol. The number of hydrogen-bond donors (Lipinski definition) is 2. The maximum Gasteiger partial charge on any atom is 0.325 e. The quantitative estimate of drug-likeness (QED) is 0.0265. The molecule has 3 fully saturated rings. The lowest BCUT2D eigenvalue weighted by Gasteiger charge is -2.54. The highest BCUT2D eigenvalue weighted by Crippen LogP contribution is 2.49. The van der Waals surface area contributed by atoms with Gasteiger partial charge >= 0.3 is 5.97 Å². The molecule has 11 nitrogen and oxygen atoms in total. The van der Waals surface area contributed by atoms with Gasteiger partial charge in [0.05, 0.1) is 0 Å². The topological polar surface area (TPSA) is 131 Å². The summed E-state index contributed by atoms with van der Waals surface area (Å²) in [5, 5.41) is 13.8. The second-order valence-corrected chi connectivity index (χ2v) is 24.1. The molecule has 3 saturated heterocycles. The number of carbonyl (C=O) groups is 3. The molecule has 82 heavy (non-hydrogen) atoms. The first-order valence-electron chi connectivity index (χ1n) is 27.5. The number of thiazole rings is 1. The molecule has 3 aliphatic heterocycles. The SMILES string of the molecule is O=C(NC1C(=O)N2CC(SC3CCOCC3)(C(=O)OC(c3ccccc3)c3ccccc3)CS[C@H]12)C(=NOC(c1ccccc1)(c1ccccc1)c1ccccc1)c1csc(NC(c2ccccc2)(c2ccccc2)c2ccccc2)n1. The molecule has 1 aromatic heterocycles. The maximum absolute atomic E-state index is 15.5. The van der Waals surface area contributed by atoms with Crippen LogP contribution in [0.25, 0.3) is 0 Å². The van der Waals surface area contributed by atoms with Crippen molar-refractivity contribution in [1.29, 1.82) is 0 Å². The van der Waals surface area contributed by atoms with Crippen LogP contribution < -0.4 is 10.6 Å². The van der Waals surface area contributed by atoms with Gasteiger partial charge in [0, 0.05) is 52.8 Å². The van der Waals surface area contributed by atoms with Crippen molar-refractivity contribution in [3.63, 3.8) is 0 Å². The lowest BCUT2D eigenvalue weighted by Crippen LogP contribution is -2.75. The van der Waals surface area contributed by atoms with Crippen molar-refractivity contribution < 1.29 is 28.7 Å². The number of thioether (sulfide) groups is 2. The molecule has 9 aromatic rings. The Labute approximate surface area is 490 Å². The Kier molecular flexibility index (Phi) is 16.2. The van der Waals surface area contributed by atoms with E-state index >= 15 is 9.59 Å². The molecule has 2 unspecified atom stereocenters. The van der Waals surface area contributed by atoms with E-state index < -0.39 is 39.3 Å². The number of amides is 2. The molecule has 0 radical (unpaired) electrons. The number of rotatable bonds is 19. The van der Waals surface area contributed by atoms with Crippen molar-refractivity contribution in [1.82, 2.24) is 15.2 Å². The Balaban J connectivity index is 0.902. The fourth-order valence-electron chi connectivity index (χ4n) is 11.3. The van der Waals surface area contributed by atoms with Crippen molar-refractivity contribution in [2.24, 2.45) is 5.16 Å². The van der Waals surface area contributed by atoms with Gasteiger partial charge in [0.25, 0.3) is 5.91 Å². The first kappa shape index (κ1) is 54.3. The van der Waals surface area contributed by atoms with Crippen LogP contribution in [0.2, 0.25) is 0 Å². The number of nitrogens with one attached hydrogen (secondary N) is 2. The molecular formula is C68H59N5O6S3. The summed E-state index contributed by atoms with van der Waals surface area (Å²) in [6.07, 6.45) is 0.872. The zero-order valence-corrected chi connectivity index (χ0v) is 47.2. The number of fused-ring (bicyclic) bond motifs is 1. The summed E-state index contributed by atoms with van der Waals surface area (Å²) in [6, 6.07) is 78.6. The van der Waals surface area contributed by atoms with Gasteiger partial charge in [-0.3, -0.25) is 14.4 Å². The molecule has 0 saturated carbocycles. The highest BCUT2D eigenvalue weighted by Gasteiger charge is 2.59. The Hall–Kier alpha value is -8.27. The van der Waals surface area contributed by atoms with Crippen molar-refractivity contribution in [2.45, 2.75) is 51.5 Å². The van der Waals surface area contributed by atoms with Crippen LogP contribution in [0.15, 0.2) is 253 Å². The summed E-state index contributed by atoms with van der Waals surface area (Å²) in [5.41, 5.74) is 4.78. The van der Waals surface area contributed by atoms with E-state index in [0.717, 1.165) is 57.3 Å². The predicted octanol–water partition coefficient (Wildman–Crippen LogP) is 12.6. The number of esters is 1. The zero-order chi connectivity index (χ0) is 55.8. The zero-order valence-electron chi connectivity index (χ0n) is 44.7. The summed E-state index contributed by atoms with van der Waals surface area (Å²) in [4.78, 5) is 59.4. The smallest absolute Gasteiger partial charge is 0.325 e. The lowest BCUT2D eigenvalue weighted by atomic mass is 9.77. The number of nitrogens with zero attached hydrogens (tertiary/aromatic N) is 3. The van der Waals surface area contributed by atoms with E-state index in [4.69, 9.17) is 24.5 Å². The van der Waals surface area contributed by atoms with Crippen molar-refractivity contribution in [3.8, 4) is 0 Å². The molecule has 2 N–H and O–H groups in total. The number of β-lactam (4-membered cyclic amide) rings is 1. The average Bonchev–Trinajstić information content (AvgIpc) is 3.85. The van der Waals surface area contributed by atoms with E-state index in [1.54, 1.807) is 22.0 Å². The van der Waals surface area contributed by atoms with Gasteiger partial charge in [0.15, 0.2) is 16.9 Å². The third-order valence-electron chi connectivity index (χ3n) is 15.4. The summed E-state index contributed by atoms with van der Waals surface area (Å²) in [5.74, 6) is -1.01. The Morgan fingerprint density at radius 1 is 0.634 bits per heavy atom. The third-order valence-corrected chi connectivity index (χ3v) is 19.6. The first-order valence-corrected chi connectivity index (χ1v) is 30.3. The van der Waals surface area contributed by atoms with E-state index in [2.05, 4.69) is 47.0 Å². The fraction of sp³-hybridized carbons (Fsp3) is 0.191. The highest BCUT2D eigenvalue weighted by atomic mass is 32.2. The Morgan fingerprint density at radius 3 is 1.54 bits per heavy atom. The number of hydrogen-bond acceptors (Lipinski definition) is 12. The molecular weight excluding hydrogens is 1080 g/mol. The summed E-state index contributed by atoms with van der Waals surface area (Å²) in [6.45, 7) is 1.29. The number of aromatic nitrogens is 1. The number of carbonyl (C=O) groups excluding carboxylic acids is 3. The Bertz CT molecular complexity index is 3390. The molecule has 0 spiro atoms. The van der Waals surface area contributed by atoms with Crippen LogP contribution in [0.5, 0.6) is 0 Å². The molecule has 3 aliphatic rings. The minimum atomic E-state index is -1.35. The minimum Gasteiger partial charge on any atom is -0.451 e. The van der Waals surface area contributed by atoms with Gasteiger partial charge in [-0.2, -0.15) is 0 Å². The van der Waals surface area contributed by atoms with Gasteiger partial charge in [-0.1, -0.05) is 248 Å². The minimum absolute atomic E-state index is 0.109. The van der Waals surface area contributed by atoms with Gasteiger partial charge in [0.1, 0.15) is 27.4 Å². The monoisotopic (exact) mass is 1140 g/mol. The summed E-state index contributed by atoms with van der Waals surface area (Å²) < 4.78 is 11.3. The molecule has 410 valence electrons. The molecule has 4 heterocycles. The number of ether oxygens (including phenoxy) is 2. The number of benzene rings is 8. The Morgan fingerprint density at radius 2 is 1.07 bits per heavy atom. The molecule has 12 rings (SSSR count). The molecule has 14 heteroatoms. The van der Waals surface area contributed by atoms with Crippen molar-refractivity contribution >= 4 is 63.5 Å². The second kappa shape index (κ2) is 24.4. The summed E-state index contributed by atoms with van der Waals surface area (Å²) >= 11 is 4.39. The van der Waals surface area contributed by atoms with Crippen LogP contribution >= 0.6 is 34.9 Å². The van der Waals surface area contributed by atoms with E-state index in [-0.39, 0.29) is 35.1 Å². The second-order valence-electron chi connectivity index (χ2n) is 20.5. The standard InChI is InChI=1S/C68H59N5O6S3/c74-61(70-59-62(75)73-46-66(47-81-63(59)73,82-56-41-43-77-44-42-56)64(76)78-60(48-25-9-1-10-26-48)49-27-11-2-12-28-49)58(72-79-68(53-35-19-6-20-36-53,54-37-21-7-22-38-54)55-39-23-8-24-40-55)57-45-80-65(69-57)71-67(50-29-13-3-14-30-50,51-31-15-4-16-32-51)52-33-17-5-18-34-52/h1-40,45,56,59-60,63H,41-44,46-47H2,(H,69,71)(H,70,74)/t59?,63-,66?/m1/s1. The fourth-order valence-corrected chi connectivity index (χ4v) is 15.3. The van der Waals surface area contributed by atoms with Gasteiger partial charge in [-0.05, 0) is 40.7 Å². The first-order chi connectivity index (χ1) is 40.3. The molecule has 8 aromatic carbocycles. The van der Waals surface area contributed by atoms with E-state index in [1.807, 2.05) is 206 Å². The largest absolute Gasteiger partial charge is 0.451 e. The van der Waals surface area contributed by atoms with Crippen LogP contribution in [0, 0.1) is 0 Å². The summed E-state index contributed by atoms with van der Waals surface area (Å²) in [7, 11) is 0. The van der Waals surface area contributed by atoms with Crippen LogP contribution in [0.4, 0.5) is 5.13 Å². The van der Waals surface area contributed by atoms with Crippen LogP contribution in [0.3, 0.4) is 0 Å². The van der Waals surface area contributed by atoms with Crippen molar-refractivity contribution in [2.75, 3.05) is 30.8 Å². The molecule has 3 atom stereocenters. The highest BCUT2D eigenvalue weighted by molar-refractivity contribution is 8.05. The van der Waals surface area contributed by atoms with Crippen LogP contribution in [-0.2, 0) is 39.8 Å². The lowest BCUT2D eigenvalue weighted by molar-refractivity contribution is -0.155. The van der Waals surface area contributed by atoms with Crippen LogP contribution in [-0.4, -0.2) is 80.3 Å². The maximum atomic E-state index is 15.5. The van der Waals surface area contributed by atoms with Gasteiger partial charge in [-0.25, -0.2) is 4.98 Å². The van der Waals surface area contributed by atoms with Gasteiger partial charge in [-0.15, -0.1) is 34.9 Å². The van der Waals surface area contributed by atoms with E-state index in [1.165, 1.54) is 23.1 Å². The van der Waals surface area contributed by atoms with Gasteiger partial charge in [0.2, 0.25) is 11.5 Å².